The summed E-state index contributed by atoms with van der Waals surface area (Å²) in [6.45, 7) is 1.50. The normalized spacial score (nSPS) is 11.7. The molecule has 0 spiro atoms. The number of amides is 1. The molecule has 2 rings (SSSR count). The van der Waals surface area contributed by atoms with Gasteiger partial charge in [0.1, 0.15) is 5.75 Å². The fraction of sp³-hybridized carbons (Fsp3) is 0.133. The van der Waals surface area contributed by atoms with Gasteiger partial charge in [-0.1, -0.05) is 34.4 Å². The van der Waals surface area contributed by atoms with Crippen molar-refractivity contribution in [1.82, 2.24) is 5.43 Å². The highest BCUT2D eigenvalue weighted by Crippen LogP contribution is 2.29. The summed E-state index contributed by atoms with van der Waals surface area (Å²) in [6, 6.07) is 6.66. The van der Waals surface area contributed by atoms with E-state index in [4.69, 9.17) is 28.0 Å². The number of halogens is 2. The van der Waals surface area contributed by atoms with Crippen molar-refractivity contribution in [3.8, 4) is 5.75 Å². The Morgan fingerprint density at radius 1 is 1.46 bits per heavy atom. The summed E-state index contributed by atoms with van der Waals surface area (Å²) in [5.41, 5.74) is 3.21. The van der Waals surface area contributed by atoms with Crippen molar-refractivity contribution in [2.45, 2.75) is 6.92 Å². The molecule has 0 unspecified atom stereocenters. The minimum Gasteiger partial charge on any atom is -0.506 e. The topological polar surface area (TPSA) is 83.3 Å². The van der Waals surface area contributed by atoms with Gasteiger partial charge in [0.25, 0.3) is 5.91 Å². The first-order valence-electron chi connectivity index (χ1n) is 6.67. The van der Waals surface area contributed by atoms with Gasteiger partial charge in [-0.2, -0.15) is 5.10 Å². The van der Waals surface area contributed by atoms with Gasteiger partial charge in [0.05, 0.1) is 21.8 Å². The fourth-order valence-corrected chi connectivity index (χ4v) is 2.79. The largest absolute Gasteiger partial charge is 0.506 e. The molecule has 0 saturated heterocycles. The molecule has 24 heavy (non-hydrogen) atoms. The molecule has 0 bridgehead atoms. The molecule has 2 N–H and O–H groups in total. The van der Waals surface area contributed by atoms with Gasteiger partial charge in [-0.15, -0.1) is 11.3 Å². The second-order valence-electron chi connectivity index (χ2n) is 4.55. The quantitative estimate of drug-likeness (QED) is 0.587. The average Bonchev–Trinajstić information content (AvgIpc) is 3.06. The number of benzene rings is 1. The Bertz CT molecular complexity index is 777. The van der Waals surface area contributed by atoms with Gasteiger partial charge in [0.15, 0.2) is 6.61 Å². The molecule has 6 nitrogen and oxygen atoms in total. The van der Waals surface area contributed by atoms with Gasteiger partial charge in [0, 0.05) is 10.6 Å². The summed E-state index contributed by atoms with van der Waals surface area (Å²) >= 11 is 13.1. The molecule has 0 fully saturated rings. The zero-order chi connectivity index (χ0) is 17.5. The van der Waals surface area contributed by atoms with E-state index >= 15 is 0 Å². The maximum absolute atomic E-state index is 11.6. The minimum atomic E-state index is -0.499. The highest BCUT2D eigenvalue weighted by molar-refractivity contribution is 7.12. The summed E-state index contributed by atoms with van der Waals surface area (Å²) in [4.78, 5) is 17.5. The number of hydrogen-bond donors (Lipinski definition) is 2. The third kappa shape index (κ3) is 5.23. The number of rotatable bonds is 6. The van der Waals surface area contributed by atoms with Gasteiger partial charge in [-0.25, -0.2) is 5.43 Å². The lowest BCUT2D eigenvalue weighted by molar-refractivity contribution is -0.125. The molecule has 2 aromatic rings. The number of phenols is 1. The standard InChI is InChI=1S/C15H13Cl2N3O3S/c1-9(13-3-2-4-24-13)20-23-8-14(21)19-18-7-10-5-11(16)6-12(17)15(10)22/h2-7,22H,8H2,1H3,(H,19,21)/b18-7+,20-9+. The smallest absolute Gasteiger partial charge is 0.280 e. The van der Waals surface area contributed by atoms with Crippen LogP contribution in [0.3, 0.4) is 0 Å². The fourth-order valence-electron chi connectivity index (χ4n) is 1.61. The lowest BCUT2D eigenvalue weighted by atomic mass is 10.2. The molecule has 126 valence electrons. The number of nitrogens with zero attached hydrogens (tertiary/aromatic N) is 2. The number of oxime groups is 1. The molecule has 1 heterocycles. The Morgan fingerprint density at radius 2 is 2.25 bits per heavy atom. The zero-order valence-corrected chi connectivity index (χ0v) is 14.8. The molecular weight excluding hydrogens is 373 g/mol. The summed E-state index contributed by atoms with van der Waals surface area (Å²) < 4.78 is 0. The Labute approximate surface area is 152 Å². The number of carbonyl (C=O) groups excluding carboxylic acids is 1. The van der Waals surface area contributed by atoms with E-state index in [1.165, 1.54) is 29.7 Å². The Balaban J connectivity index is 1.84. The maximum Gasteiger partial charge on any atom is 0.280 e. The van der Waals surface area contributed by atoms with E-state index < -0.39 is 5.91 Å². The van der Waals surface area contributed by atoms with Crippen LogP contribution in [0.15, 0.2) is 39.9 Å². The second-order valence-corrected chi connectivity index (χ2v) is 6.34. The van der Waals surface area contributed by atoms with Crippen LogP contribution in [0.4, 0.5) is 0 Å². The lowest BCUT2D eigenvalue weighted by Crippen LogP contribution is -2.22. The molecule has 0 aliphatic heterocycles. The third-order valence-electron chi connectivity index (χ3n) is 2.73. The zero-order valence-electron chi connectivity index (χ0n) is 12.5. The van der Waals surface area contributed by atoms with E-state index in [1.807, 2.05) is 17.5 Å². The molecular formula is C15H13Cl2N3O3S. The summed E-state index contributed by atoms with van der Waals surface area (Å²) in [5.74, 6) is -0.673. The van der Waals surface area contributed by atoms with Crippen molar-refractivity contribution in [3.63, 3.8) is 0 Å². The first kappa shape index (κ1) is 18.3. The number of aromatic hydroxyl groups is 1. The van der Waals surface area contributed by atoms with Crippen molar-refractivity contribution in [1.29, 1.82) is 0 Å². The second kappa shape index (κ2) is 8.68. The molecule has 0 saturated carbocycles. The van der Waals surface area contributed by atoms with E-state index in [9.17, 15) is 9.90 Å². The first-order chi connectivity index (χ1) is 11.5. The lowest BCUT2D eigenvalue weighted by Gasteiger charge is -2.03. The molecule has 0 atom stereocenters. The maximum atomic E-state index is 11.6. The van der Waals surface area contributed by atoms with Gasteiger partial charge in [-0.05, 0) is 30.5 Å². The van der Waals surface area contributed by atoms with Crippen LogP contribution < -0.4 is 5.43 Å². The van der Waals surface area contributed by atoms with Gasteiger partial charge in [0.2, 0.25) is 0 Å². The van der Waals surface area contributed by atoms with E-state index in [2.05, 4.69) is 15.7 Å². The average molecular weight is 386 g/mol. The summed E-state index contributed by atoms with van der Waals surface area (Å²) in [5, 5.41) is 19.7. The van der Waals surface area contributed by atoms with E-state index in [-0.39, 0.29) is 22.9 Å². The van der Waals surface area contributed by atoms with E-state index in [0.717, 1.165) is 4.88 Å². The molecule has 1 amide bonds. The van der Waals surface area contributed by atoms with Crippen molar-refractivity contribution in [2.24, 2.45) is 10.3 Å². The van der Waals surface area contributed by atoms with Gasteiger partial charge in [-0.3, -0.25) is 4.79 Å². The first-order valence-corrected chi connectivity index (χ1v) is 8.31. The Hall–Kier alpha value is -2.09. The van der Waals surface area contributed by atoms with Crippen molar-refractivity contribution in [2.75, 3.05) is 6.61 Å². The molecule has 0 aliphatic carbocycles. The summed E-state index contributed by atoms with van der Waals surface area (Å²) in [7, 11) is 0. The van der Waals surface area contributed by atoms with E-state index in [1.54, 1.807) is 6.92 Å². The van der Waals surface area contributed by atoms with Crippen LogP contribution >= 0.6 is 34.5 Å². The van der Waals surface area contributed by atoms with Crippen LogP contribution in [-0.4, -0.2) is 29.5 Å². The molecule has 1 aromatic carbocycles. The number of carbonyl (C=O) groups is 1. The number of hydrazone groups is 1. The number of hydrogen-bond acceptors (Lipinski definition) is 6. The highest BCUT2D eigenvalue weighted by atomic mass is 35.5. The molecule has 0 radical (unpaired) electrons. The number of phenolic OH excluding ortho intramolecular Hbond substituents is 1. The predicted octanol–water partition coefficient (Wildman–Crippen LogP) is 3.65. The van der Waals surface area contributed by atoms with Gasteiger partial charge < -0.3 is 9.94 Å². The highest BCUT2D eigenvalue weighted by Gasteiger charge is 2.06. The number of thiophene rings is 1. The van der Waals surface area contributed by atoms with Crippen molar-refractivity contribution in [3.05, 3.63) is 50.1 Å². The van der Waals surface area contributed by atoms with Crippen LogP contribution in [0.25, 0.3) is 0 Å². The third-order valence-corrected chi connectivity index (χ3v) is 4.21. The molecule has 9 heteroatoms. The van der Waals surface area contributed by atoms with E-state index in [0.29, 0.717) is 10.7 Å². The molecule has 1 aromatic heterocycles. The van der Waals surface area contributed by atoms with Crippen LogP contribution in [0.5, 0.6) is 5.75 Å². The van der Waals surface area contributed by atoms with Crippen molar-refractivity contribution < 1.29 is 14.7 Å². The summed E-state index contributed by atoms with van der Waals surface area (Å²) in [6.07, 6.45) is 1.23. The van der Waals surface area contributed by atoms with Crippen LogP contribution in [0.2, 0.25) is 10.0 Å². The van der Waals surface area contributed by atoms with Gasteiger partial charge >= 0.3 is 0 Å². The van der Waals surface area contributed by atoms with Crippen LogP contribution in [0, 0.1) is 0 Å². The SMILES string of the molecule is C/C(=N\OCC(=O)N/N=C/c1cc(Cl)cc(Cl)c1O)c1cccs1. The molecule has 0 aliphatic rings. The van der Waals surface area contributed by atoms with Crippen LogP contribution in [0.1, 0.15) is 17.4 Å². The van der Waals surface area contributed by atoms with Crippen LogP contribution in [-0.2, 0) is 9.63 Å². The predicted molar refractivity (Wildman–Crippen MR) is 96.3 cm³/mol. The number of nitrogens with one attached hydrogen (secondary N) is 1. The van der Waals surface area contributed by atoms with Crippen molar-refractivity contribution >= 4 is 52.4 Å². The Kier molecular flexibility index (Phi) is 6.60. The Morgan fingerprint density at radius 3 is 2.96 bits per heavy atom. The monoisotopic (exact) mass is 385 g/mol. The minimum absolute atomic E-state index is 0.0944.